The van der Waals surface area contributed by atoms with Crippen LogP contribution in [-0.4, -0.2) is 26.2 Å². The summed E-state index contributed by atoms with van der Waals surface area (Å²) in [6, 6.07) is 6.87. The van der Waals surface area contributed by atoms with Gasteiger partial charge in [0.15, 0.2) is 0 Å². The van der Waals surface area contributed by atoms with Gasteiger partial charge in [-0.25, -0.2) is 13.1 Å². The Bertz CT molecular complexity index is 509. The number of aliphatic hydroxyl groups is 1. The van der Waals surface area contributed by atoms with Crippen molar-refractivity contribution >= 4 is 27.7 Å². The summed E-state index contributed by atoms with van der Waals surface area (Å²) < 4.78 is 25.7. The molecule has 19 heavy (non-hydrogen) atoms. The molecule has 0 aliphatic rings. The van der Waals surface area contributed by atoms with Crippen LogP contribution in [0.1, 0.15) is 25.3 Å². The number of halogens is 1. The van der Waals surface area contributed by atoms with Gasteiger partial charge in [-0.2, -0.15) is 0 Å². The van der Waals surface area contributed by atoms with Gasteiger partial charge >= 0.3 is 0 Å². The first-order valence-corrected chi connectivity index (χ1v) is 7.93. The van der Waals surface area contributed by atoms with Gasteiger partial charge in [-0.1, -0.05) is 23.7 Å². The number of benzene rings is 1. The maximum absolute atomic E-state index is 11.6. The van der Waals surface area contributed by atoms with Crippen LogP contribution in [0.5, 0.6) is 0 Å². The quantitative estimate of drug-likeness (QED) is 0.760. The van der Waals surface area contributed by atoms with E-state index in [1.165, 1.54) is 6.08 Å². The number of nitrogens with one attached hydrogen (secondary N) is 1. The number of hydrogen-bond acceptors (Lipinski definition) is 3. The summed E-state index contributed by atoms with van der Waals surface area (Å²) in [5, 5.41) is 10.8. The van der Waals surface area contributed by atoms with Gasteiger partial charge in [0.1, 0.15) is 0 Å². The second-order valence-electron chi connectivity index (χ2n) is 4.28. The minimum Gasteiger partial charge on any atom is -0.393 e. The second kappa shape index (κ2) is 7.65. The molecule has 6 heteroatoms. The van der Waals surface area contributed by atoms with Crippen LogP contribution in [0.15, 0.2) is 29.7 Å². The molecule has 0 heterocycles. The third kappa shape index (κ3) is 7.32. The Balaban J connectivity index is 2.47. The van der Waals surface area contributed by atoms with E-state index in [4.69, 9.17) is 16.7 Å². The van der Waals surface area contributed by atoms with Crippen molar-refractivity contribution in [1.82, 2.24) is 4.72 Å². The van der Waals surface area contributed by atoms with Gasteiger partial charge < -0.3 is 5.11 Å². The molecule has 1 atom stereocenters. The van der Waals surface area contributed by atoms with Crippen molar-refractivity contribution in [2.75, 3.05) is 6.54 Å². The summed E-state index contributed by atoms with van der Waals surface area (Å²) in [5.74, 6) is 0. The average molecular weight is 304 g/mol. The molecule has 0 radical (unpaired) electrons. The molecule has 4 nitrogen and oxygen atoms in total. The summed E-state index contributed by atoms with van der Waals surface area (Å²) in [7, 11) is -3.43. The van der Waals surface area contributed by atoms with Crippen molar-refractivity contribution in [3.8, 4) is 0 Å². The fourth-order valence-electron chi connectivity index (χ4n) is 1.40. The Kier molecular flexibility index (Phi) is 6.51. The lowest BCUT2D eigenvalue weighted by molar-refractivity contribution is 0.182. The molecule has 1 aromatic rings. The van der Waals surface area contributed by atoms with Gasteiger partial charge in [0, 0.05) is 17.0 Å². The van der Waals surface area contributed by atoms with Crippen LogP contribution in [0, 0.1) is 0 Å². The number of rotatable bonds is 7. The summed E-state index contributed by atoms with van der Waals surface area (Å²) in [4.78, 5) is 0. The molecule has 0 saturated heterocycles. The standard InChI is InChI=1S/C13H18ClNO3S/c1-11(16)3-2-9-15-19(17,18)10-8-12-4-6-13(14)7-5-12/h4-8,10-11,15-16H,2-3,9H2,1H3/b10-8+. The smallest absolute Gasteiger partial charge is 0.233 e. The third-order valence-electron chi connectivity index (χ3n) is 2.41. The van der Waals surface area contributed by atoms with E-state index >= 15 is 0 Å². The predicted molar refractivity (Wildman–Crippen MR) is 78.3 cm³/mol. The number of aliphatic hydroxyl groups excluding tert-OH is 1. The van der Waals surface area contributed by atoms with Crippen LogP contribution in [0.25, 0.3) is 6.08 Å². The zero-order chi connectivity index (χ0) is 14.3. The fraction of sp³-hybridized carbons (Fsp3) is 0.385. The lowest BCUT2D eigenvalue weighted by Gasteiger charge is -2.04. The highest BCUT2D eigenvalue weighted by molar-refractivity contribution is 7.92. The summed E-state index contributed by atoms with van der Waals surface area (Å²) >= 11 is 5.74. The highest BCUT2D eigenvalue weighted by atomic mass is 35.5. The molecule has 0 aliphatic heterocycles. The van der Waals surface area contributed by atoms with Gasteiger partial charge in [-0.3, -0.25) is 0 Å². The molecular weight excluding hydrogens is 286 g/mol. The van der Waals surface area contributed by atoms with Gasteiger partial charge in [0.2, 0.25) is 10.0 Å². The van der Waals surface area contributed by atoms with Gasteiger partial charge in [0.25, 0.3) is 0 Å². The molecule has 0 amide bonds. The van der Waals surface area contributed by atoms with Crippen LogP contribution in [-0.2, 0) is 10.0 Å². The Hall–Kier alpha value is -0.880. The molecule has 1 rings (SSSR count). The van der Waals surface area contributed by atoms with Crippen LogP contribution >= 0.6 is 11.6 Å². The molecule has 0 spiro atoms. The van der Waals surface area contributed by atoms with Crippen LogP contribution in [0.3, 0.4) is 0 Å². The molecule has 0 fully saturated rings. The Morgan fingerprint density at radius 1 is 1.37 bits per heavy atom. The van der Waals surface area contributed by atoms with Crippen molar-refractivity contribution in [3.63, 3.8) is 0 Å². The highest BCUT2D eigenvalue weighted by Gasteiger charge is 2.04. The Morgan fingerprint density at radius 2 is 2.00 bits per heavy atom. The van der Waals surface area contributed by atoms with Gasteiger partial charge in [-0.15, -0.1) is 0 Å². The maximum Gasteiger partial charge on any atom is 0.233 e. The number of sulfonamides is 1. The maximum atomic E-state index is 11.6. The van der Waals surface area contributed by atoms with E-state index in [0.717, 1.165) is 11.0 Å². The van der Waals surface area contributed by atoms with E-state index in [-0.39, 0.29) is 0 Å². The lowest BCUT2D eigenvalue weighted by atomic mass is 10.2. The fourth-order valence-corrected chi connectivity index (χ4v) is 2.39. The van der Waals surface area contributed by atoms with Crippen molar-refractivity contribution < 1.29 is 13.5 Å². The SMILES string of the molecule is CC(O)CCCNS(=O)(=O)/C=C/c1ccc(Cl)cc1. The van der Waals surface area contributed by atoms with Crippen LogP contribution in [0.4, 0.5) is 0 Å². The Labute approximate surface area is 119 Å². The minimum atomic E-state index is -3.43. The van der Waals surface area contributed by atoms with Crippen molar-refractivity contribution in [2.24, 2.45) is 0 Å². The molecule has 2 N–H and O–H groups in total. The van der Waals surface area contributed by atoms with Gasteiger partial charge in [0.05, 0.1) is 6.10 Å². The molecule has 0 bridgehead atoms. The number of hydrogen-bond donors (Lipinski definition) is 2. The predicted octanol–water partition coefficient (Wildman–Crippen LogP) is 2.39. The highest BCUT2D eigenvalue weighted by Crippen LogP contribution is 2.11. The van der Waals surface area contributed by atoms with E-state index in [9.17, 15) is 8.42 Å². The van der Waals surface area contributed by atoms with E-state index in [0.29, 0.717) is 24.4 Å². The first kappa shape index (κ1) is 16.2. The zero-order valence-electron chi connectivity index (χ0n) is 10.7. The topological polar surface area (TPSA) is 66.4 Å². The molecule has 0 aromatic heterocycles. The third-order valence-corrected chi connectivity index (χ3v) is 3.76. The largest absolute Gasteiger partial charge is 0.393 e. The van der Waals surface area contributed by atoms with Crippen LogP contribution < -0.4 is 4.72 Å². The lowest BCUT2D eigenvalue weighted by Crippen LogP contribution is -2.23. The molecule has 1 aromatic carbocycles. The monoisotopic (exact) mass is 303 g/mol. The first-order valence-electron chi connectivity index (χ1n) is 6.00. The van der Waals surface area contributed by atoms with Crippen LogP contribution in [0.2, 0.25) is 5.02 Å². The molecule has 0 saturated carbocycles. The summed E-state index contributed by atoms with van der Waals surface area (Å²) in [6.07, 6.45) is 2.27. The summed E-state index contributed by atoms with van der Waals surface area (Å²) in [5.41, 5.74) is 0.763. The van der Waals surface area contributed by atoms with E-state index in [1.54, 1.807) is 31.2 Å². The van der Waals surface area contributed by atoms with Crippen molar-refractivity contribution in [1.29, 1.82) is 0 Å². The van der Waals surface area contributed by atoms with E-state index in [1.807, 2.05) is 0 Å². The molecule has 0 aliphatic carbocycles. The first-order chi connectivity index (χ1) is 8.89. The Morgan fingerprint density at radius 3 is 2.58 bits per heavy atom. The zero-order valence-corrected chi connectivity index (χ0v) is 12.3. The summed E-state index contributed by atoms with van der Waals surface area (Å²) in [6.45, 7) is 1.99. The molecule has 1 unspecified atom stereocenters. The molecular formula is C13H18ClNO3S. The van der Waals surface area contributed by atoms with E-state index < -0.39 is 16.1 Å². The minimum absolute atomic E-state index is 0.318. The second-order valence-corrected chi connectivity index (χ2v) is 6.37. The van der Waals surface area contributed by atoms with Crippen molar-refractivity contribution in [2.45, 2.75) is 25.9 Å². The van der Waals surface area contributed by atoms with E-state index in [2.05, 4.69) is 4.72 Å². The average Bonchev–Trinajstić information content (AvgIpc) is 2.34. The normalized spacial score (nSPS) is 13.8. The molecule has 106 valence electrons. The van der Waals surface area contributed by atoms with Gasteiger partial charge in [-0.05, 0) is 43.5 Å². The van der Waals surface area contributed by atoms with Crippen molar-refractivity contribution in [3.05, 3.63) is 40.3 Å².